The number of aryl methyl sites for hydroxylation is 1. The quantitative estimate of drug-likeness (QED) is 0.814. The van der Waals surface area contributed by atoms with Gasteiger partial charge in [0.05, 0.1) is 17.4 Å². The number of rotatable bonds is 3. The summed E-state index contributed by atoms with van der Waals surface area (Å²) in [6, 6.07) is 0. The number of hydrogen-bond acceptors (Lipinski definition) is 2. The Morgan fingerprint density at radius 2 is 2.00 bits per heavy atom. The molecule has 0 radical (unpaired) electrons. The maximum atomic E-state index is 5.11. The third kappa shape index (κ3) is 2.81. The minimum Gasteiger partial charge on any atom is -0.274 e. The molecular weight excluding hydrogens is 270 g/mol. The lowest BCUT2D eigenvalue weighted by Gasteiger charge is -2.35. The molecule has 3 heteroatoms. The van der Waals surface area contributed by atoms with Crippen molar-refractivity contribution >= 4 is 5.71 Å². The van der Waals surface area contributed by atoms with Crippen LogP contribution < -0.4 is 0 Å². The van der Waals surface area contributed by atoms with Crippen LogP contribution in [0, 0.1) is 12.8 Å². The molecule has 1 aromatic rings. The van der Waals surface area contributed by atoms with Crippen molar-refractivity contribution in [3.8, 4) is 0 Å². The van der Waals surface area contributed by atoms with Gasteiger partial charge in [0.2, 0.25) is 0 Å². The molecule has 0 N–H and O–H groups in total. The van der Waals surface area contributed by atoms with E-state index in [2.05, 4.69) is 37.7 Å². The molecule has 1 unspecified atom stereocenters. The zero-order valence-electron chi connectivity index (χ0n) is 14.1. The highest BCUT2D eigenvalue weighted by atomic mass is 15.3. The lowest BCUT2D eigenvalue weighted by molar-refractivity contribution is 0.293. The van der Waals surface area contributed by atoms with E-state index in [0.29, 0.717) is 0 Å². The molecular formula is C19H27N3. The van der Waals surface area contributed by atoms with Crippen LogP contribution in [-0.4, -0.2) is 21.0 Å². The van der Waals surface area contributed by atoms with Crippen molar-refractivity contribution in [2.45, 2.75) is 57.9 Å². The predicted molar refractivity (Wildman–Crippen MR) is 92.4 cm³/mol. The molecule has 0 spiro atoms. The van der Waals surface area contributed by atoms with Crippen LogP contribution in [0.3, 0.4) is 0 Å². The Kier molecular flexibility index (Phi) is 4.07. The standard InChI is InChI=1S/C19H27N3/c1-14-10-11-18(17-13-20-22(4)15(17)2)21-19(14,3)12-16-8-6-5-7-9-16/h10-11,13,16H,1,5-9,12H2,2-4H3. The summed E-state index contributed by atoms with van der Waals surface area (Å²) < 4.78 is 1.91. The Balaban J connectivity index is 1.87. The zero-order valence-corrected chi connectivity index (χ0v) is 14.1. The van der Waals surface area contributed by atoms with E-state index in [1.165, 1.54) is 32.1 Å². The van der Waals surface area contributed by atoms with Crippen LogP contribution >= 0.6 is 0 Å². The van der Waals surface area contributed by atoms with Crippen LogP contribution in [0.1, 0.15) is 56.7 Å². The van der Waals surface area contributed by atoms with Gasteiger partial charge in [-0.2, -0.15) is 5.10 Å². The first kappa shape index (κ1) is 15.3. The maximum Gasteiger partial charge on any atom is 0.0832 e. The number of aliphatic imine (C=N–C) groups is 1. The SMILES string of the molecule is C=C1C=CC(c2cnn(C)c2C)=NC1(C)CC1CCCCC1. The second-order valence-electron chi connectivity index (χ2n) is 7.10. The smallest absolute Gasteiger partial charge is 0.0832 e. The lowest BCUT2D eigenvalue weighted by atomic mass is 9.76. The third-order valence-electron chi connectivity index (χ3n) is 5.42. The Morgan fingerprint density at radius 1 is 1.27 bits per heavy atom. The molecule has 0 aromatic carbocycles. The van der Waals surface area contributed by atoms with Crippen molar-refractivity contribution in [1.29, 1.82) is 0 Å². The number of hydrogen-bond donors (Lipinski definition) is 0. The van der Waals surface area contributed by atoms with Crippen molar-refractivity contribution in [2.24, 2.45) is 18.0 Å². The van der Waals surface area contributed by atoms with Gasteiger partial charge >= 0.3 is 0 Å². The normalized spacial score (nSPS) is 26.3. The Bertz CT molecular complexity index is 629. The Labute approximate surface area is 133 Å². The fourth-order valence-corrected chi connectivity index (χ4v) is 3.76. The van der Waals surface area contributed by atoms with Crippen molar-refractivity contribution < 1.29 is 0 Å². The molecule has 1 saturated carbocycles. The summed E-state index contributed by atoms with van der Waals surface area (Å²) in [5, 5.41) is 4.35. The van der Waals surface area contributed by atoms with Crippen molar-refractivity contribution in [1.82, 2.24) is 9.78 Å². The molecule has 3 rings (SSSR count). The van der Waals surface area contributed by atoms with Crippen LogP contribution in [0.5, 0.6) is 0 Å². The van der Waals surface area contributed by atoms with Crippen LogP contribution in [-0.2, 0) is 7.05 Å². The van der Waals surface area contributed by atoms with E-state index in [1.807, 2.05) is 17.9 Å². The predicted octanol–water partition coefficient (Wildman–Crippen LogP) is 4.37. The summed E-state index contributed by atoms with van der Waals surface area (Å²) >= 11 is 0. The summed E-state index contributed by atoms with van der Waals surface area (Å²) in [5.74, 6) is 0.794. The van der Waals surface area contributed by atoms with Crippen LogP contribution in [0.4, 0.5) is 0 Å². The van der Waals surface area contributed by atoms with Gasteiger partial charge in [0.25, 0.3) is 0 Å². The van der Waals surface area contributed by atoms with Gasteiger partial charge in [-0.25, -0.2) is 0 Å². The fraction of sp³-hybridized carbons (Fsp3) is 0.579. The van der Waals surface area contributed by atoms with Crippen molar-refractivity contribution in [2.75, 3.05) is 0 Å². The number of allylic oxidation sites excluding steroid dienone is 1. The van der Waals surface area contributed by atoms with E-state index < -0.39 is 0 Å². The third-order valence-corrected chi connectivity index (χ3v) is 5.42. The summed E-state index contributed by atoms with van der Waals surface area (Å²) in [5.41, 5.74) is 4.34. The highest BCUT2D eigenvalue weighted by Gasteiger charge is 2.32. The van der Waals surface area contributed by atoms with E-state index >= 15 is 0 Å². The molecule has 0 saturated heterocycles. The van der Waals surface area contributed by atoms with E-state index in [0.717, 1.165) is 34.9 Å². The van der Waals surface area contributed by atoms with E-state index in [4.69, 9.17) is 4.99 Å². The largest absolute Gasteiger partial charge is 0.274 e. The minimum atomic E-state index is -0.158. The van der Waals surface area contributed by atoms with Crippen molar-refractivity contribution in [3.63, 3.8) is 0 Å². The van der Waals surface area contributed by atoms with E-state index in [-0.39, 0.29) is 5.54 Å². The number of aromatic nitrogens is 2. The number of dihydropyridines is 1. The number of nitrogens with zero attached hydrogens (tertiary/aromatic N) is 3. The van der Waals surface area contributed by atoms with E-state index in [1.54, 1.807) is 0 Å². The Morgan fingerprint density at radius 3 is 2.64 bits per heavy atom. The summed E-state index contributed by atoms with van der Waals surface area (Å²) in [6.45, 7) is 8.62. The molecule has 1 aliphatic carbocycles. The van der Waals surface area contributed by atoms with Gasteiger partial charge in [-0.3, -0.25) is 9.67 Å². The van der Waals surface area contributed by atoms with Gasteiger partial charge in [-0.15, -0.1) is 0 Å². The van der Waals surface area contributed by atoms with Gasteiger partial charge in [0.1, 0.15) is 0 Å². The molecule has 0 amide bonds. The molecule has 0 bridgehead atoms. The summed E-state index contributed by atoms with van der Waals surface area (Å²) in [7, 11) is 1.98. The average molecular weight is 297 g/mol. The maximum absolute atomic E-state index is 5.11. The second-order valence-corrected chi connectivity index (χ2v) is 7.10. The molecule has 1 fully saturated rings. The van der Waals surface area contributed by atoms with Crippen LogP contribution in [0.25, 0.3) is 0 Å². The summed E-state index contributed by atoms with van der Waals surface area (Å²) in [4.78, 5) is 5.11. The molecule has 1 aromatic heterocycles. The van der Waals surface area contributed by atoms with Crippen LogP contribution in [0.2, 0.25) is 0 Å². The average Bonchev–Trinajstić information content (AvgIpc) is 2.83. The molecule has 2 aliphatic rings. The molecule has 3 nitrogen and oxygen atoms in total. The molecule has 2 heterocycles. The topological polar surface area (TPSA) is 30.2 Å². The zero-order chi connectivity index (χ0) is 15.7. The van der Waals surface area contributed by atoms with Gasteiger partial charge in [0, 0.05) is 18.3 Å². The first-order valence-electron chi connectivity index (χ1n) is 8.46. The van der Waals surface area contributed by atoms with Gasteiger partial charge < -0.3 is 0 Å². The molecule has 118 valence electrons. The van der Waals surface area contributed by atoms with E-state index in [9.17, 15) is 0 Å². The van der Waals surface area contributed by atoms with Gasteiger partial charge in [0.15, 0.2) is 0 Å². The highest BCUT2D eigenvalue weighted by molar-refractivity contribution is 6.10. The fourth-order valence-electron chi connectivity index (χ4n) is 3.76. The minimum absolute atomic E-state index is 0.158. The summed E-state index contributed by atoms with van der Waals surface area (Å²) in [6.07, 6.45) is 14.1. The Hall–Kier alpha value is -1.64. The molecule has 1 aliphatic heterocycles. The molecule has 1 atom stereocenters. The van der Waals surface area contributed by atoms with Crippen molar-refractivity contribution in [3.05, 3.63) is 41.8 Å². The van der Waals surface area contributed by atoms with Crippen LogP contribution in [0.15, 0.2) is 35.5 Å². The monoisotopic (exact) mass is 297 g/mol. The first-order valence-corrected chi connectivity index (χ1v) is 8.46. The highest BCUT2D eigenvalue weighted by Crippen LogP contribution is 2.38. The van der Waals surface area contributed by atoms with Gasteiger partial charge in [-0.1, -0.05) is 44.8 Å². The lowest BCUT2D eigenvalue weighted by Crippen LogP contribution is -2.31. The van der Waals surface area contributed by atoms with Gasteiger partial charge in [-0.05, 0) is 37.8 Å². The first-order chi connectivity index (χ1) is 10.5. The second kappa shape index (κ2) is 5.86. The molecule has 22 heavy (non-hydrogen) atoms.